The molecule has 7 heteroatoms. The van der Waals surface area contributed by atoms with E-state index < -0.39 is 12.6 Å². The SMILES string of the molecule is Cc1ccc2nc(CCl)n(CCC(F)(F)F)c2n1. The van der Waals surface area contributed by atoms with Crippen molar-refractivity contribution in [3.8, 4) is 0 Å². The van der Waals surface area contributed by atoms with Crippen molar-refractivity contribution in [1.82, 2.24) is 14.5 Å². The number of aryl methyl sites for hydroxylation is 2. The van der Waals surface area contributed by atoms with Gasteiger partial charge in [-0.3, -0.25) is 0 Å². The average Bonchev–Trinajstić information content (AvgIpc) is 2.62. The molecule has 0 N–H and O–H groups in total. The van der Waals surface area contributed by atoms with Gasteiger partial charge in [0.2, 0.25) is 0 Å². The Labute approximate surface area is 107 Å². The summed E-state index contributed by atoms with van der Waals surface area (Å²) in [6.45, 7) is 1.57. The monoisotopic (exact) mass is 277 g/mol. The Hall–Kier alpha value is -1.30. The summed E-state index contributed by atoms with van der Waals surface area (Å²) in [5.74, 6) is 0.474. The Morgan fingerprint density at radius 3 is 2.61 bits per heavy atom. The van der Waals surface area contributed by atoms with Crippen LogP contribution in [0.3, 0.4) is 0 Å². The standard InChI is InChI=1S/C11H11ClF3N3/c1-7-2-3-8-10(16-7)18(9(6-12)17-8)5-4-11(13,14)15/h2-3H,4-6H2,1H3. The van der Waals surface area contributed by atoms with Crippen LogP contribution in [0.15, 0.2) is 12.1 Å². The summed E-state index contributed by atoms with van der Waals surface area (Å²) in [6.07, 6.45) is -5.12. The highest BCUT2D eigenvalue weighted by Gasteiger charge is 2.27. The lowest BCUT2D eigenvalue weighted by atomic mass is 10.3. The van der Waals surface area contributed by atoms with Crippen LogP contribution in [0.1, 0.15) is 17.9 Å². The summed E-state index contributed by atoms with van der Waals surface area (Å²) in [4.78, 5) is 8.39. The first-order valence-corrected chi connectivity index (χ1v) is 5.89. The molecular weight excluding hydrogens is 267 g/mol. The fourth-order valence-electron chi connectivity index (χ4n) is 1.72. The van der Waals surface area contributed by atoms with Gasteiger partial charge in [0.1, 0.15) is 11.3 Å². The first-order chi connectivity index (χ1) is 8.40. The van der Waals surface area contributed by atoms with E-state index in [1.54, 1.807) is 19.1 Å². The van der Waals surface area contributed by atoms with Crippen molar-refractivity contribution in [2.24, 2.45) is 0 Å². The van der Waals surface area contributed by atoms with Crippen molar-refractivity contribution in [1.29, 1.82) is 0 Å². The lowest BCUT2D eigenvalue weighted by molar-refractivity contribution is -0.136. The predicted molar refractivity (Wildman–Crippen MR) is 62.5 cm³/mol. The summed E-state index contributed by atoms with van der Waals surface area (Å²) in [5.41, 5.74) is 1.75. The van der Waals surface area contributed by atoms with Gasteiger partial charge in [-0.1, -0.05) is 0 Å². The topological polar surface area (TPSA) is 30.7 Å². The van der Waals surface area contributed by atoms with Gasteiger partial charge in [-0.15, -0.1) is 11.6 Å². The van der Waals surface area contributed by atoms with Crippen LogP contribution in [0, 0.1) is 6.92 Å². The number of pyridine rings is 1. The molecule has 0 fully saturated rings. The maximum atomic E-state index is 12.3. The van der Waals surface area contributed by atoms with E-state index in [1.807, 2.05) is 0 Å². The fourth-order valence-corrected chi connectivity index (χ4v) is 1.92. The molecule has 0 bridgehead atoms. The van der Waals surface area contributed by atoms with Crippen LogP contribution in [0.4, 0.5) is 13.2 Å². The Bertz CT molecular complexity index is 562. The van der Waals surface area contributed by atoms with Gasteiger partial charge < -0.3 is 4.57 Å². The zero-order valence-electron chi connectivity index (χ0n) is 9.63. The summed E-state index contributed by atoms with van der Waals surface area (Å²) in [5, 5.41) is 0. The molecule has 18 heavy (non-hydrogen) atoms. The molecule has 0 aromatic carbocycles. The van der Waals surface area contributed by atoms with Crippen molar-refractivity contribution in [2.45, 2.75) is 31.9 Å². The molecule has 0 aliphatic heterocycles. The van der Waals surface area contributed by atoms with E-state index in [0.717, 1.165) is 5.69 Å². The van der Waals surface area contributed by atoms with Gasteiger partial charge in [0.15, 0.2) is 5.65 Å². The Kier molecular flexibility index (Phi) is 3.47. The first kappa shape index (κ1) is 13.1. The van der Waals surface area contributed by atoms with Crippen molar-refractivity contribution in [3.05, 3.63) is 23.7 Å². The molecule has 2 aromatic rings. The minimum absolute atomic E-state index is 0.0628. The van der Waals surface area contributed by atoms with Crippen LogP contribution >= 0.6 is 11.6 Å². The van der Waals surface area contributed by atoms with Crippen molar-refractivity contribution in [3.63, 3.8) is 0 Å². The normalized spacial score (nSPS) is 12.3. The van der Waals surface area contributed by atoms with Gasteiger partial charge in [-0.05, 0) is 19.1 Å². The number of imidazole rings is 1. The van der Waals surface area contributed by atoms with E-state index in [2.05, 4.69) is 9.97 Å². The maximum Gasteiger partial charge on any atom is 0.390 e. The van der Waals surface area contributed by atoms with Gasteiger partial charge in [-0.25, -0.2) is 9.97 Å². The molecule has 0 radical (unpaired) electrons. The van der Waals surface area contributed by atoms with Crippen LogP contribution in [-0.4, -0.2) is 20.7 Å². The average molecular weight is 278 g/mol. The van der Waals surface area contributed by atoms with Crippen LogP contribution < -0.4 is 0 Å². The number of fused-ring (bicyclic) bond motifs is 1. The second kappa shape index (κ2) is 4.76. The third-order valence-electron chi connectivity index (χ3n) is 2.55. The second-order valence-corrected chi connectivity index (χ2v) is 4.24. The molecule has 2 heterocycles. The minimum atomic E-state index is -4.20. The van der Waals surface area contributed by atoms with Gasteiger partial charge in [0.05, 0.1) is 12.3 Å². The van der Waals surface area contributed by atoms with Crippen molar-refractivity contribution in [2.75, 3.05) is 0 Å². The third-order valence-corrected chi connectivity index (χ3v) is 2.79. The second-order valence-electron chi connectivity index (χ2n) is 3.97. The van der Waals surface area contributed by atoms with E-state index in [9.17, 15) is 13.2 Å². The highest BCUT2D eigenvalue weighted by Crippen LogP contribution is 2.23. The molecule has 2 rings (SSSR count). The number of halogens is 4. The molecular formula is C11H11ClF3N3. The molecule has 0 spiro atoms. The lowest BCUT2D eigenvalue weighted by Crippen LogP contribution is -2.14. The number of rotatable bonds is 3. The summed E-state index contributed by atoms with van der Waals surface area (Å²) >= 11 is 5.70. The van der Waals surface area contributed by atoms with Crippen LogP contribution in [0.25, 0.3) is 11.2 Å². The van der Waals surface area contributed by atoms with Crippen LogP contribution in [0.2, 0.25) is 0 Å². The number of hydrogen-bond acceptors (Lipinski definition) is 2. The van der Waals surface area contributed by atoms with Crippen LogP contribution in [0.5, 0.6) is 0 Å². The third kappa shape index (κ3) is 2.75. The Morgan fingerprint density at radius 2 is 2.00 bits per heavy atom. The molecule has 0 amide bonds. The molecule has 0 unspecified atom stereocenters. The Morgan fingerprint density at radius 1 is 1.28 bits per heavy atom. The van der Waals surface area contributed by atoms with Gasteiger partial charge in [-0.2, -0.15) is 13.2 Å². The van der Waals surface area contributed by atoms with Crippen molar-refractivity contribution < 1.29 is 13.2 Å². The van der Waals surface area contributed by atoms with Gasteiger partial charge in [0, 0.05) is 12.2 Å². The molecule has 0 atom stereocenters. The summed E-state index contributed by atoms with van der Waals surface area (Å²) in [7, 11) is 0. The Balaban J connectivity index is 2.42. The van der Waals surface area contributed by atoms with E-state index in [1.165, 1.54) is 4.57 Å². The van der Waals surface area contributed by atoms with Crippen molar-refractivity contribution >= 4 is 22.8 Å². The van der Waals surface area contributed by atoms with E-state index in [0.29, 0.717) is 17.0 Å². The fraction of sp³-hybridized carbons (Fsp3) is 0.455. The van der Waals surface area contributed by atoms with Gasteiger partial charge in [0.25, 0.3) is 0 Å². The molecule has 0 aliphatic carbocycles. The molecule has 0 saturated carbocycles. The van der Waals surface area contributed by atoms with Crippen LogP contribution in [-0.2, 0) is 12.4 Å². The van der Waals surface area contributed by atoms with E-state index in [4.69, 9.17) is 11.6 Å². The molecule has 2 aromatic heterocycles. The van der Waals surface area contributed by atoms with E-state index in [-0.39, 0.29) is 12.4 Å². The quantitative estimate of drug-likeness (QED) is 0.805. The maximum absolute atomic E-state index is 12.3. The highest BCUT2D eigenvalue weighted by molar-refractivity contribution is 6.16. The largest absolute Gasteiger partial charge is 0.390 e. The number of nitrogens with zero attached hydrogens (tertiary/aromatic N) is 3. The molecule has 0 aliphatic rings. The molecule has 3 nitrogen and oxygen atoms in total. The zero-order chi connectivity index (χ0) is 13.3. The highest BCUT2D eigenvalue weighted by atomic mass is 35.5. The molecule has 98 valence electrons. The van der Waals surface area contributed by atoms with Gasteiger partial charge >= 0.3 is 6.18 Å². The smallest absolute Gasteiger partial charge is 0.311 e. The summed E-state index contributed by atoms with van der Waals surface area (Å²) in [6, 6.07) is 3.50. The number of hydrogen-bond donors (Lipinski definition) is 0. The summed E-state index contributed by atoms with van der Waals surface area (Å²) < 4.78 is 38.3. The van der Waals surface area contributed by atoms with E-state index >= 15 is 0 Å². The minimum Gasteiger partial charge on any atom is -0.311 e. The zero-order valence-corrected chi connectivity index (χ0v) is 10.4. The number of aromatic nitrogens is 3. The first-order valence-electron chi connectivity index (χ1n) is 5.36. The number of alkyl halides is 4. The predicted octanol–water partition coefficient (Wildman–Crippen LogP) is 3.43. The lowest BCUT2D eigenvalue weighted by Gasteiger charge is -2.09. The molecule has 0 saturated heterocycles.